The molecule has 1 fully saturated rings. The molecule has 0 aromatic carbocycles. The first-order valence-electron chi connectivity index (χ1n) is 9.42. The van der Waals surface area contributed by atoms with Crippen molar-refractivity contribution >= 4 is 11.8 Å². The lowest BCUT2D eigenvalue weighted by Gasteiger charge is -2.36. The van der Waals surface area contributed by atoms with E-state index in [1.54, 1.807) is 0 Å². The summed E-state index contributed by atoms with van der Waals surface area (Å²) < 4.78 is 0. The molecule has 0 aromatic heterocycles. The van der Waals surface area contributed by atoms with Crippen LogP contribution in [0.15, 0.2) is 11.6 Å². The molecule has 4 nitrogen and oxygen atoms in total. The number of Topliss-reactive ketones (excluding diaryl/α,β-unsaturated/α-hetero) is 1. The SMILES string of the molecule is CC1(C)CC([C@H]2CCC(=O)[C@H]2CCCCCCC(=O)O)=CC(O)C1. The van der Waals surface area contributed by atoms with Crippen molar-refractivity contribution in [2.75, 3.05) is 0 Å². The van der Waals surface area contributed by atoms with Crippen molar-refractivity contribution in [3.63, 3.8) is 0 Å². The van der Waals surface area contributed by atoms with Crippen molar-refractivity contribution in [3.05, 3.63) is 11.6 Å². The highest BCUT2D eigenvalue weighted by Gasteiger charge is 2.39. The van der Waals surface area contributed by atoms with E-state index in [0.717, 1.165) is 51.4 Å². The van der Waals surface area contributed by atoms with Crippen LogP contribution >= 0.6 is 0 Å². The zero-order valence-electron chi connectivity index (χ0n) is 15.1. The molecule has 0 radical (unpaired) electrons. The Kier molecular flexibility index (Phi) is 6.62. The van der Waals surface area contributed by atoms with Crippen LogP contribution < -0.4 is 0 Å². The van der Waals surface area contributed by atoms with Gasteiger partial charge in [-0.15, -0.1) is 0 Å². The van der Waals surface area contributed by atoms with Gasteiger partial charge in [-0.05, 0) is 43.4 Å². The van der Waals surface area contributed by atoms with Crippen LogP contribution in [0.3, 0.4) is 0 Å². The number of hydrogen-bond donors (Lipinski definition) is 2. The minimum atomic E-state index is -0.730. The maximum atomic E-state index is 12.3. The second-order valence-electron chi connectivity index (χ2n) is 8.42. The number of rotatable bonds is 8. The highest BCUT2D eigenvalue weighted by atomic mass is 16.4. The predicted molar refractivity (Wildman–Crippen MR) is 93.7 cm³/mol. The Labute approximate surface area is 145 Å². The number of carbonyl (C=O) groups is 2. The van der Waals surface area contributed by atoms with Crippen molar-refractivity contribution in [2.45, 2.75) is 84.2 Å². The summed E-state index contributed by atoms with van der Waals surface area (Å²) in [5.74, 6) is 0.0679. The summed E-state index contributed by atoms with van der Waals surface area (Å²) >= 11 is 0. The first-order valence-corrected chi connectivity index (χ1v) is 9.42. The molecule has 2 aliphatic carbocycles. The zero-order chi connectivity index (χ0) is 17.7. The fourth-order valence-electron chi connectivity index (χ4n) is 4.52. The molecule has 136 valence electrons. The van der Waals surface area contributed by atoms with Gasteiger partial charge in [-0.1, -0.05) is 44.8 Å². The largest absolute Gasteiger partial charge is 0.481 e. The van der Waals surface area contributed by atoms with Crippen molar-refractivity contribution in [3.8, 4) is 0 Å². The maximum absolute atomic E-state index is 12.3. The molecule has 1 unspecified atom stereocenters. The normalized spacial score (nSPS) is 29.5. The Morgan fingerprint density at radius 2 is 1.96 bits per heavy atom. The van der Waals surface area contributed by atoms with Gasteiger partial charge in [0.05, 0.1) is 6.10 Å². The number of aliphatic hydroxyl groups is 1. The topological polar surface area (TPSA) is 74.6 Å². The molecule has 1 saturated carbocycles. The standard InChI is InChI=1S/C20H32O4/c1-20(2)12-14(11-15(21)13-20)16-9-10-18(22)17(16)7-5-3-4-6-8-19(23)24/h11,15-17,21H,3-10,12-13H2,1-2H3,(H,23,24)/t15?,16-,17+/m1/s1. The summed E-state index contributed by atoms with van der Waals surface area (Å²) in [5, 5.41) is 18.8. The molecule has 24 heavy (non-hydrogen) atoms. The minimum absolute atomic E-state index is 0.108. The van der Waals surface area contributed by atoms with Gasteiger partial charge >= 0.3 is 5.97 Å². The summed E-state index contributed by atoms with van der Waals surface area (Å²) in [6, 6.07) is 0. The van der Waals surface area contributed by atoms with Crippen LogP contribution in [0.1, 0.15) is 78.1 Å². The third-order valence-electron chi connectivity index (χ3n) is 5.58. The van der Waals surface area contributed by atoms with Gasteiger partial charge in [-0.2, -0.15) is 0 Å². The highest BCUT2D eigenvalue weighted by Crippen LogP contribution is 2.45. The Morgan fingerprint density at radius 1 is 1.25 bits per heavy atom. The number of carbonyl (C=O) groups excluding carboxylic acids is 1. The average Bonchev–Trinajstić information content (AvgIpc) is 2.81. The highest BCUT2D eigenvalue weighted by molar-refractivity contribution is 5.84. The molecule has 0 saturated heterocycles. The lowest BCUT2D eigenvalue weighted by Crippen LogP contribution is -2.29. The second-order valence-corrected chi connectivity index (χ2v) is 8.42. The van der Waals surface area contributed by atoms with Gasteiger partial charge < -0.3 is 10.2 Å². The molecule has 0 aromatic rings. The molecule has 0 aliphatic heterocycles. The molecule has 0 bridgehead atoms. The second kappa shape index (κ2) is 8.28. The van der Waals surface area contributed by atoms with E-state index < -0.39 is 5.97 Å². The Balaban J connectivity index is 1.86. The summed E-state index contributed by atoms with van der Waals surface area (Å²) in [7, 11) is 0. The number of carboxylic acids is 1. The zero-order valence-corrected chi connectivity index (χ0v) is 15.1. The van der Waals surface area contributed by atoms with Crippen LogP contribution in [0.25, 0.3) is 0 Å². The molecule has 2 aliphatic rings. The predicted octanol–water partition coefficient (Wildman–Crippen LogP) is 4.11. The minimum Gasteiger partial charge on any atom is -0.481 e. The van der Waals surface area contributed by atoms with Gasteiger partial charge in [0.15, 0.2) is 0 Å². The summed E-state index contributed by atoms with van der Waals surface area (Å²) in [5.41, 5.74) is 1.40. The van der Waals surface area contributed by atoms with Crippen molar-refractivity contribution in [2.24, 2.45) is 17.3 Å². The van der Waals surface area contributed by atoms with Gasteiger partial charge in [0.1, 0.15) is 5.78 Å². The quantitative estimate of drug-likeness (QED) is 0.516. The molecule has 2 rings (SSSR count). The van der Waals surface area contributed by atoms with Gasteiger partial charge in [0.2, 0.25) is 0 Å². The number of aliphatic hydroxyl groups excluding tert-OH is 1. The van der Waals surface area contributed by atoms with Crippen molar-refractivity contribution < 1.29 is 19.8 Å². The van der Waals surface area contributed by atoms with Crippen molar-refractivity contribution in [1.82, 2.24) is 0 Å². The molecule has 0 amide bonds. The van der Waals surface area contributed by atoms with E-state index >= 15 is 0 Å². The summed E-state index contributed by atoms with van der Waals surface area (Å²) in [6.07, 6.45) is 9.79. The number of unbranched alkanes of at least 4 members (excludes halogenated alkanes) is 3. The van der Waals surface area contributed by atoms with Gasteiger partial charge in [0, 0.05) is 18.8 Å². The molecule has 4 heteroatoms. The Bertz CT molecular complexity index is 492. The summed E-state index contributed by atoms with van der Waals surface area (Å²) in [4.78, 5) is 22.8. The van der Waals surface area contributed by atoms with E-state index in [-0.39, 0.29) is 23.9 Å². The average molecular weight is 336 g/mol. The lowest BCUT2D eigenvalue weighted by atomic mass is 9.70. The van der Waals surface area contributed by atoms with Gasteiger partial charge in [-0.25, -0.2) is 0 Å². The van der Waals surface area contributed by atoms with Crippen LogP contribution in [-0.2, 0) is 9.59 Å². The Hall–Kier alpha value is -1.16. The third kappa shape index (κ3) is 5.44. The maximum Gasteiger partial charge on any atom is 0.303 e. The molecule has 3 atom stereocenters. The first-order chi connectivity index (χ1) is 11.3. The van der Waals surface area contributed by atoms with E-state index in [4.69, 9.17) is 5.11 Å². The molecular weight excluding hydrogens is 304 g/mol. The number of allylic oxidation sites excluding steroid dienone is 1. The monoisotopic (exact) mass is 336 g/mol. The molecule has 2 N–H and O–H groups in total. The smallest absolute Gasteiger partial charge is 0.303 e. The Morgan fingerprint density at radius 3 is 2.62 bits per heavy atom. The molecular formula is C20H32O4. The van der Waals surface area contributed by atoms with E-state index in [1.807, 2.05) is 6.08 Å². The van der Waals surface area contributed by atoms with Crippen LogP contribution in [0.5, 0.6) is 0 Å². The van der Waals surface area contributed by atoms with Crippen LogP contribution in [0.2, 0.25) is 0 Å². The van der Waals surface area contributed by atoms with E-state index in [0.29, 0.717) is 18.1 Å². The van der Waals surface area contributed by atoms with Gasteiger partial charge in [-0.3, -0.25) is 9.59 Å². The van der Waals surface area contributed by atoms with E-state index in [1.165, 1.54) is 5.57 Å². The first kappa shape index (κ1) is 19.2. The molecule has 0 spiro atoms. The summed E-state index contributed by atoms with van der Waals surface area (Å²) in [6.45, 7) is 4.38. The molecule has 0 heterocycles. The van der Waals surface area contributed by atoms with Crippen LogP contribution in [0, 0.1) is 17.3 Å². The lowest BCUT2D eigenvalue weighted by molar-refractivity contribution is -0.137. The van der Waals surface area contributed by atoms with Crippen LogP contribution in [-0.4, -0.2) is 28.1 Å². The fraction of sp³-hybridized carbons (Fsp3) is 0.800. The fourth-order valence-corrected chi connectivity index (χ4v) is 4.52. The number of carboxylic acid groups (broad SMARTS) is 1. The number of aliphatic carboxylic acids is 1. The number of ketones is 1. The van der Waals surface area contributed by atoms with E-state index in [2.05, 4.69) is 13.8 Å². The van der Waals surface area contributed by atoms with Crippen LogP contribution in [0.4, 0.5) is 0 Å². The van der Waals surface area contributed by atoms with Gasteiger partial charge in [0.25, 0.3) is 0 Å². The number of hydrogen-bond acceptors (Lipinski definition) is 3. The van der Waals surface area contributed by atoms with E-state index in [9.17, 15) is 14.7 Å². The third-order valence-corrected chi connectivity index (χ3v) is 5.58. The van der Waals surface area contributed by atoms with Crippen molar-refractivity contribution in [1.29, 1.82) is 0 Å².